The molecule has 0 aliphatic heterocycles. The molecule has 2 heterocycles. The van der Waals surface area contributed by atoms with Crippen LogP contribution in [0.5, 0.6) is 0 Å². The highest BCUT2D eigenvalue weighted by Gasteiger charge is 2.01. The predicted molar refractivity (Wildman–Crippen MR) is 79.7 cm³/mol. The van der Waals surface area contributed by atoms with E-state index in [1.54, 1.807) is 17.1 Å². The summed E-state index contributed by atoms with van der Waals surface area (Å²) in [6.45, 7) is 1.87. The number of nitrogen functional groups attached to an aromatic ring is 1. The molecule has 0 amide bonds. The Morgan fingerprint density at radius 2 is 2.10 bits per heavy atom. The molecule has 0 fully saturated rings. The lowest BCUT2D eigenvalue weighted by atomic mass is 10.1. The van der Waals surface area contributed by atoms with Gasteiger partial charge in [-0.3, -0.25) is 0 Å². The Kier molecular flexibility index (Phi) is 3.26. The van der Waals surface area contributed by atoms with E-state index in [0.29, 0.717) is 5.95 Å². The highest BCUT2D eigenvalue weighted by molar-refractivity contribution is 7.03. The van der Waals surface area contributed by atoms with Crippen LogP contribution in [0.4, 0.5) is 5.95 Å². The maximum atomic E-state index is 5.72. The maximum Gasteiger partial charge on any atom is 0.221 e. The molecule has 100 valence electrons. The van der Waals surface area contributed by atoms with Gasteiger partial charge in [0, 0.05) is 10.9 Å². The van der Waals surface area contributed by atoms with Crippen LogP contribution in [0.2, 0.25) is 0 Å². The molecule has 0 bridgehead atoms. The van der Waals surface area contributed by atoms with Gasteiger partial charge in [-0.2, -0.15) is 5.10 Å². The minimum Gasteiger partial charge on any atom is -0.368 e. The van der Waals surface area contributed by atoms with Crippen LogP contribution in [0.25, 0.3) is 11.3 Å². The first-order valence-electron chi connectivity index (χ1n) is 5.96. The third kappa shape index (κ3) is 2.57. The summed E-state index contributed by atoms with van der Waals surface area (Å²) in [5.74, 6) is 0.379. The molecule has 0 aliphatic carbocycles. The van der Waals surface area contributed by atoms with Gasteiger partial charge < -0.3 is 5.73 Å². The highest BCUT2D eigenvalue weighted by atomic mass is 32.1. The average Bonchev–Trinajstić information content (AvgIpc) is 3.07. The fraction of sp³-hybridized carbons (Fsp3) is 0.0769. The van der Waals surface area contributed by atoms with Crippen molar-refractivity contribution in [2.75, 3.05) is 5.73 Å². The molecule has 0 aliphatic rings. The Balaban J connectivity index is 1.80. The first-order valence-corrected chi connectivity index (χ1v) is 6.79. The number of hydrogen-bond donors (Lipinski definition) is 1. The second-order valence-electron chi connectivity index (χ2n) is 4.24. The van der Waals surface area contributed by atoms with E-state index >= 15 is 0 Å². The minimum atomic E-state index is 0.379. The van der Waals surface area contributed by atoms with Crippen molar-refractivity contribution in [2.24, 2.45) is 5.10 Å². The Hall–Kier alpha value is -2.54. The topological polar surface area (TPSA) is 82.0 Å². The van der Waals surface area contributed by atoms with Crippen LogP contribution >= 0.6 is 11.5 Å². The van der Waals surface area contributed by atoms with Crippen molar-refractivity contribution < 1.29 is 0 Å². The lowest BCUT2D eigenvalue weighted by molar-refractivity contribution is 0.897. The van der Waals surface area contributed by atoms with Crippen LogP contribution in [0.1, 0.15) is 11.3 Å². The van der Waals surface area contributed by atoms with E-state index in [0.717, 1.165) is 22.5 Å². The van der Waals surface area contributed by atoms with E-state index in [-0.39, 0.29) is 0 Å². The van der Waals surface area contributed by atoms with E-state index < -0.39 is 0 Å². The maximum absolute atomic E-state index is 5.72. The van der Waals surface area contributed by atoms with Gasteiger partial charge in [-0.1, -0.05) is 28.8 Å². The van der Waals surface area contributed by atoms with Gasteiger partial charge in [-0.15, -0.1) is 5.10 Å². The van der Waals surface area contributed by atoms with Gasteiger partial charge in [0.25, 0.3) is 0 Å². The van der Waals surface area contributed by atoms with Crippen LogP contribution in [-0.2, 0) is 0 Å². The molecular weight excluding hydrogens is 272 g/mol. The summed E-state index contributed by atoms with van der Waals surface area (Å²) in [6.07, 6.45) is 3.52. The molecular formula is C13H12N6S. The van der Waals surface area contributed by atoms with Gasteiger partial charge in [-0.05, 0) is 24.0 Å². The van der Waals surface area contributed by atoms with Gasteiger partial charge in [-0.25, -0.2) is 9.66 Å². The Morgan fingerprint density at radius 1 is 1.30 bits per heavy atom. The van der Waals surface area contributed by atoms with Crippen molar-refractivity contribution in [3.8, 4) is 11.3 Å². The van der Waals surface area contributed by atoms with E-state index in [1.165, 1.54) is 11.5 Å². The molecule has 7 heteroatoms. The summed E-state index contributed by atoms with van der Waals surface area (Å²) < 4.78 is 5.40. The largest absolute Gasteiger partial charge is 0.368 e. The number of aromatic nitrogens is 4. The van der Waals surface area contributed by atoms with Crippen molar-refractivity contribution in [2.45, 2.75) is 6.92 Å². The first-order chi connectivity index (χ1) is 9.72. The van der Waals surface area contributed by atoms with Gasteiger partial charge in [0.05, 0.1) is 18.1 Å². The van der Waals surface area contributed by atoms with Crippen molar-refractivity contribution in [1.82, 2.24) is 19.2 Å². The number of hydrogen-bond acceptors (Lipinski definition) is 6. The molecule has 20 heavy (non-hydrogen) atoms. The summed E-state index contributed by atoms with van der Waals surface area (Å²) in [6, 6.07) is 7.91. The first kappa shape index (κ1) is 12.5. The number of anilines is 1. The molecule has 2 aromatic heterocycles. The third-order valence-corrected chi connectivity index (χ3v) is 3.24. The standard InChI is InChI=1S/C13H12N6S/c1-9-7-19(13(14)16-9)15-6-10-2-4-11(5-3-10)12-8-20-18-17-12/h2-8H,1H3,(H2,14,16). The molecule has 3 aromatic rings. The number of imidazole rings is 1. The van der Waals surface area contributed by atoms with Crippen LogP contribution < -0.4 is 5.73 Å². The average molecular weight is 284 g/mol. The fourth-order valence-electron chi connectivity index (χ4n) is 1.76. The quantitative estimate of drug-likeness (QED) is 0.747. The van der Waals surface area contributed by atoms with Crippen molar-refractivity contribution >= 4 is 23.7 Å². The molecule has 1 aromatic carbocycles. The SMILES string of the molecule is Cc1cn(N=Cc2ccc(-c3csnn3)cc2)c(N)n1. The fourth-order valence-corrected chi connectivity index (χ4v) is 2.22. The van der Waals surface area contributed by atoms with Gasteiger partial charge in [0.1, 0.15) is 5.69 Å². The highest BCUT2D eigenvalue weighted by Crippen LogP contribution is 2.17. The molecule has 0 unspecified atom stereocenters. The molecule has 0 saturated heterocycles. The van der Waals surface area contributed by atoms with Crippen molar-refractivity contribution in [3.63, 3.8) is 0 Å². The molecule has 3 rings (SSSR count). The molecule has 6 nitrogen and oxygen atoms in total. The summed E-state index contributed by atoms with van der Waals surface area (Å²) >= 11 is 1.34. The molecule has 0 atom stereocenters. The summed E-state index contributed by atoms with van der Waals surface area (Å²) in [4.78, 5) is 4.08. The summed E-state index contributed by atoms with van der Waals surface area (Å²) in [7, 11) is 0. The lowest BCUT2D eigenvalue weighted by Gasteiger charge is -1.98. The number of nitrogens with zero attached hydrogens (tertiary/aromatic N) is 5. The molecule has 0 saturated carbocycles. The van der Waals surface area contributed by atoms with E-state index in [1.807, 2.05) is 36.6 Å². The molecule has 0 radical (unpaired) electrons. The molecule has 2 N–H and O–H groups in total. The van der Waals surface area contributed by atoms with Crippen molar-refractivity contribution in [1.29, 1.82) is 0 Å². The van der Waals surface area contributed by atoms with Crippen molar-refractivity contribution in [3.05, 3.63) is 47.1 Å². The normalized spacial score (nSPS) is 11.2. The Bertz CT molecular complexity index is 727. The summed E-state index contributed by atoms with van der Waals surface area (Å²) in [5.41, 5.74) is 9.45. The van der Waals surface area contributed by atoms with Gasteiger partial charge in [0.2, 0.25) is 5.95 Å². The monoisotopic (exact) mass is 284 g/mol. The zero-order valence-corrected chi connectivity index (χ0v) is 11.6. The predicted octanol–water partition coefficient (Wildman–Crippen LogP) is 2.17. The number of aryl methyl sites for hydroxylation is 1. The van der Waals surface area contributed by atoms with Crippen LogP contribution in [0, 0.1) is 6.92 Å². The van der Waals surface area contributed by atoms with Crippen LogP contribution in [0.15, 0.2) is 40.9 Å². The minimum absolute atomic E-state index is 0.379. The number of nitrogens with two attached hydrogens (primary N) is 1. The zero-order valence-electron chi connectivity index (χ0n) is 10.8. The third-order valence-electron chi connectivity index (χ3n) is 2.73. The number of rotatable bonds is 3. The van der Waals surface area contributed by atoms with Gasteiger partial charge in [0.15, 0.2) is 0 Å². The van der Waals surface area contributed by atoms with Crippen LogP contribution in [0.3, 0.4) is 0 Å². The Labute approximate surface area is 119 Å². The Morgan fingerprint density at radius 3 is 2.70 bits per heavy atom. The van der Waals surface area contributed by atoms with Gasteiger partial charge >= 0.3 is 0 Å². The second kappa shape index (κ2) is 5.22. The number of benzene rings is 1. The molecule has 0 spiro atoms. The van der Waals surface area contributed by atoms with Crippen LogP contribution in [-0.4, -0.2) is 25.5 Å². The van der Waals surface area contributed by atoms with E-state index in [4.69, 9.17) is 5.73 Å². The summed E-state index contributed by atoms with van der Waals surface area (Å²) in [5, 5.41) is 10.2. The van der Waals surface area contributed by atoms with E-state index in [2.05, 4.69) is 19.7 Å². The lowest BCUT2D eigenvalue weighted by Crippen LogP contribution is -1.96. The zero-order chi connectivity index (χ0) is 13.9. The smallest absolute Gasteiger partial charge is 0.221 e. The van der Waals surface area contributed by atoms with E-state index in [9.17, 15) is 0 Å². The second-order valence-corrected chi connectivity index (χ2v) is 4.85.